The number of hydrogen-bond acceptors (Lipinski definition) is 2. The molecule has 3 rings (SSSR count). The van der Waals surface area contributed by atoms with E-state index in [-0.39, 0.29) is 11.6 Å². The smallest absolute Gasteiger partial charge is 0.137 e. The zero-order valence-corrected chi connectivity index (χ0v) is 22.6. The summed E-state index contributed by atoms with van der Waals surface area (Å²) in [5.41, 5.74) is 3.42. The van der Waals surface area contributed by atoms with Crippen molar-refractivity contribution in [3.8, 4) is 0 Å². The van der Waals surface area contributed by atoms with E-state index in [1.807, 2.05) is 51.1 Å². The van der Waals surface area contributed by atoms with Crippen molar-refractivity contribution in [3.63, 3.8) is 0 Å². The molecule has 1 N–H and O–H groups in total. The number of pyridine rings is 1. The summed E-state index contributed by atoms with van der Waals surface area (Å²) in [5, 5.41) is 0.933. The summed E-state index contributed by atoms with van der Waals surface area (Å²) in [6, 6.07) is 6.79. The van der Waals surface area contributed by atoms with Crippen LogP contribution >= 0.6 is 0 Å². The van der Waals surface area contributed by atoms with E-state index in [9.17, 15) is 8.78 Å². The molecule has 0 radical (unpaired) electrons. The highest BCUT2D eigenvalue weighted by molar-refractivity contribution is 5.79. The Labute approximate surface area is 216 Å². The molecule has 0 aliphatic carbocycles. The molecule has 0 amide bonds. The summed E-state index contributed by atoms with van der Waals surface area (Å²) < 4.78 is 27.3. The third kappa shape index (κ3) is 10.1. The molecule has 0 fully saturated rings. The second-order valence-corrected chi connectivity index (χ2v) is 8.53. The lowest BCUT2D eigenvalue weighted by atomic mass is 10.0. The first-order chi connectivity index (χ1) is 17.2. The van der Waals surface area contributed by atoms with E-state index < -0.39 is 0 Å². The van der Waals surface area contributed by atoms with Crippen molar-refractivity contribution >= 4 is 11.0 Å². The van der Waals surface area contributed by atoms with Crippen LogP contribution in [0.1, 0.15) is 50.8 Å². The van der Waals surface area contributed by atoms with Crippen molar-refractivity contribution in [1.82, 2.24) is 14.9 Å². The van der Waals surface area contributed by atoms with E-state index in [4.69, 9.17) is 0 Å². The third-order valence-corrected chi connectivity index (χ3v) is 5.53. The molecule has 0 bridgehead atoms. The van der Waals surface area contributed by atoms with Gasteiger partial charge in [-0.1, -0.05) is 56.4 Å². The van der Waals surface area contributed by atoms with Crippen molar-refractivity contribution < 1.29 is 8.78 Å². The average Bonchev–Trinajstić information content (AvgIpc) is 3.26. The van der Waals surface area contributed by atoms with E-state index in [1.54, 1.807) is 19.3 Å². The number of aromatic nitrogens is 2. The molecule has 194 valence electrons. The molecule has 36 heavy (non-hydrogen) atoms. The number of allylic oxidation sites excluding steroid dienone is 4. The summed E-state index contributed by atoms with van der Waals surface area (Å²) in [5.74, 6) is -0.758. The first-order valence-corrected chi connectivity index (χ1v) is 12.4. The lowest BCUT2D eigenvalue weighted by molar-refractivity contribution is 0.286. The van der Waals surface area contributed by atoms with Crippen LogP contribution in [-0.4, -0.2) is 34.5 Å². The standard InChI is InChI=1S/C15H12F2N2.C14H23N.C2H6/c1-9-5-14(17)10(7-13(9)16)6-11-8-19-15-12(11)3-2-4-18-15;1-6-10-14(4)15(5)12-9-7-8-11-13(2)3;1-2/h2-5,7-8H,6H2,1H3,(H,18,19);6-9,11,14H,1-2,10,12H2,3-5H3;1-2H3/b;9-7-,11-8-;. The highest BCUT2D eigenvalue weighted by Crippen LogP contribution is 2.22. The van der Waals surface area contributed by atoms with Crippen LogP contribution in [0.2, 0.25) is 0 Å². The second kappa shape index (κ2) is 16.4. The number of halogens is 2. The number of fused-ring (bicyclic) bond motifs is 1. The van der Waals surface area contributed by atoms with Gasteiger partial charge in [-0.05, 0) is 75.2 Å². The van der Waals surface area contributed by atoms with Gasteiger partial charge in [0, 0.05) is 36.8 Å². The molecular formula is C31H41F2N3. The first-order valence-electron chi connectivity index (χ1n) is 12.4. The third-order valence-electron chi connectivity index (χ3n) is 5.53. The van der Waals surface area contributed by atoms with Gasteiger partial charge in [-0.3, -0.25) is 4.90 Å². The molecule has 2 aromatic heterocycles. The number of likely N-dealkylation sites (N-methyl/N-ethyl adjacent to an activating group) is 1. The van der Waals surface area contributed by atoms with Gasteiger partial charge >= 0.3 is 0 Å². The van der Waals surface area contributed by atoms with Gasteiger partial charge in [0.1, 0.15) is 17.3 Å². The van der Waals surface area contributed by atoms with E-state index in [0.717, 1.165) is 35.1 Å². The Morgan fingerprint density at radius 1 is 1.17 bits per heavy atom. The van der Waals surface area contributed by atoms with Gasteiger partial charge in [0.25, 0.3) is 0 Å². The molecule has 3 nitrogen and oxygen atoms in total. The topological polar surface area (TPSA) is 31.9 Å². The predicted molar refractivity (Wildman–Crippen MR) is 151 cm³/mol. The monoisotopic (exact) mass is 493 g/mol. The predicted octanol–water partition coefficient (Wildman–Crippen LogP) is 8.34. The van der Waals surface area contributed by atoms with Crippen LogP contribution in [0.25, 0.3) is 11.0 Å². The van der Waals surface area contributed by atoms with Gasteiger partial charge < -0.3 is 4.98 Å². The van der Waals surface area contributed by atoms with Crippen molar-refractivity contribution in [3.05, 3.63) is 114 Å². The maximum atomic E-state index is 13.8. The van der Waals surface area contributed by atoms with Crippen LogP contribution in [0, 0.1) is 18.6 Å². The average molecular weight is 494 g/mol. The largest absolute Gasteiger partial charge is 0.346 e. The Hall–Kier alpha value is -3.31. The summed E-state index contributed by atoms with van der Waals surface area (Å²) in [6.45, 7) is 18.3. The molecule has 1 atom stereocenters. The molecule has 0 saturated heterocycles. The van der Waals surface area contributed by atoms with Gasteiger partial charge in [-0.25, -0.2) is 13.8 Å². The fraction of sp³-hybridized carbons (Fsp3) is 0.323. The minimum Gasteiger partial charge on any atom is -0.346 e. The first kappa shape index (κ1) is 30.7. The summed E-state index contributed by atoms with van der Waals surface area (Å²) in [7, 11) is 2.13. The lowest BCUT2D eigenvalue weighted by Crippen LogP contribution is -2.28. The number of benzene rings is 1. The highest BCUT2D eigenvalue weighted by Gasteiger charge is 2.11. The van der Waals surface area contributed by atoms with Gasteiger partial charge in [0.2, 0.25) is 0 Å². The molecule has 3 aromatic rings. The summed E-state index contributed by atoms with van der Waals surface area (Å²) in [4.78, 5) is 9.50. The maximum Gasteiger partial charge on any atom is 0.137 e. The fourth-order valence-corrected chi connectivity index (χ4v) is 3.31. The van der Waals surface area contributed by atoms with E-state index >= 15 is 0 Å². The Balaban J connectivity index is 0.000000348. The van der Waals surface area contributed by atoms with E-state index in [1.165, 1.54) is 12.1 Å². The number of nitrogens with one attached hydrogen (secondary N) is 1. The number of H-pyrrole nitrogens is 1. The number of aryl methyl sites for hydroxylation is 1. The van der Waals surface area contributed by atoms with Crippen molar-refractivity contribution in [1.29, 1.82) is 0 Å². The molecule has 0 spiro atoms. The molecule has 0 aliphatic rings. The van der Waals surface area contributed by atoms with E-state index in [0.29, 0.717) is 23.6 Å². The molecule has 0 saturated carbocycles. The molecule has 2 heterocycles. The Kier molecular flexibility index (Phi) is 14.0. The maximum absolute atomic E-state index is 13.8. The van der Waals surface area contributed by atoms with Crippen molar-refractivity contribution in [2.45, 2.75) is 53.5 Å². The fourth-order valence-electron chi connectivity index (χ4n) is 3.31. The quantitative estimate of drug-likeness (QED) is 0.240. The number of nitrogens with zero attached hydrogens (tertiary/aromatic N) is 2. The molecule has 0 aliphatic heterocycles. The van der Waals surface area contributed by atoms with Gasteiger partial charge in [0.05, 0.1) is 0 Å². The number of hydrogen-bond donors (Lipinski definition) is 1. The molecule has 1 unspecified atom stereocenters. The zero-order chi connectivity index (χ0) is 27.1. The van der Waals surface area contributed by atoms with Crippen molar-refractivity contribution in [2.75, 3.05) is 13.6 Å². The Morgan fingerprint density at radius 3 is 2.56 bits per heavy atom. The normalized spacial score (nSPS) is 11.8. The van der Waals surface area contributed by atoms with Gasteiger partial charge in [0.15, 0.2) is 0 Å². The van der Waals surface area contributed by atoms with Crippen LogP contribution in [0.3, 0.4) is 0 Å². The lowest BCUT2D eigenvalue weighted by Gasteiger charge is -2.21. The van der Waals surface area contributed by atoms with Crippen LogP contribution in [0.5, 0.6) is 0 Å². The minimum atomic E-state index is -0.380. The van der Waals surface area contributed by atoms with Crippen LogP contribution < -0.4 is 0 Å². The Morgan fingerprint density at radius 2 is 1.89 bits per heavy atom. The van der Waals surface area contributed by atoms with Gasteiger partial charge in [-0.15, -0.1) is 6.58 Å². The van der Waals surface area contributed by atoms with E-state index in [2.05, 4.69) is 54.1 Å². The highest BCUT2D eigenvalue weighted by atomic mass is 19.1. The van der Waals surface area contributed by atoms with Crippen molar-refractivity contribution in [2.24, 2.45) is 0 Å². The molecular weight excluding hydrogens is 452 g/mol. The summed E-state index contributed by atoms with van der Waals surface area (Å²) in [6.07, 6.45) is 15.1. The minimum absolute atomic E-state index is 0.321. The molecule has 1 aromatic carbocycles. The van der Waals surface area contributed by atoms with Crippen LogP contribution in [0.4, 0.5) is 8.78 Å². The van der Waals surface area contributed by atoms with Crippen LogP contribution in [0.15, 0.2) is 85.8 Å². The summed E-state index contributed by atoms with van der Waals surface area (Å²) >= 11 is 0. The zero-order valence-electron chi connectivity index (χ0n) is 22.6. The Bertz CT molecular complexity index is 1160. The SMILES string of the molecule is C=CCC(C)N(C)C/C=C\C=C/C(=C)C.CC.Cc1cc(F)c(Cc2c[nH]c3ncccc23)cc1F. The number of aromatic amines is 1. The molecule has 5 heteroatoms. The van der Waals surface area contributed by atoms with Gasteiger partial charge in [-0.2, -0.15) is 0 Å². The number of rotatable bonds is 9. The van der Waals surface area contributed by atoms with Crippen LogP contribution in [-0.2, 0) is 6.42 Å². The second-order valence-electron chi connectivity index (χ2n) is 8.53.